The first kappa shape index (κ1) is 17.8. The average molecular weight is 368 g/mol. The molecule has 0 spiro atoms. The van der Waals surface area contributed by atoms with E-state index in [9.17, 15) is 13.6 Å². The molecule has 2 aromatic rings. The molecule has 2 aromatic carbocycles. The monoisotopic (exact) mass is 368 g/mol. The van der Waals surface area contributed by atoms with Gasteiger partial charge in [-0.25, -0.2) is 0 Å². The van der Waals surface area contributed by atoms with Crippen LogP contribution < -0.4 is 15.4 Å². The zero-order valence-electron chi connectivity index (χ0n) is 11.8. The SMILES string of the molecule is CC(=O)Nc1cc([As](=O)(O)O)ccc1O.Nc1ccccc1. The minimum atomic E-state index is -4.98. The number of anilines is 2. The van der Waals surface area contributed by atoms with Crippen molar-refractivity contribution in [2.75, 3.05) is 11.1 Å². The van der Waals surface area contributed by atoms with Crippen molar-refractivity contribution in [3.8, 4) is 5.75 Å². The number of rotatable bonds is 2. The van der Waals surface area contributed by atoms with Gasteiger partial charge >= 0.3 is 88.1 Å². The summed E-state index contributed by atoms with van der Waals surface area (Å²) in [5.41, 5.74) is 6.17. The number of carbonyl (C=O) groups excluding carboxylic acids is 1. The molecule has 0 aliphatic heterocycles. The summed E-state index contributed by atoms with van der Waals surface area (Å²) in [5.74, 6) is -0.668. The molecule has 1 amide bonds. The molecule has 22 heavy (non-hydrogen) atoms. The molecular weight excluding hydrogens is 351 g/mol. The van der Waals surface area contributed by atoms with Gasteiger partial charge in [0.05, 0.1) is 0 Å². The number of benzene rings is 2. The van der Waals surface area contributed by atoms with Crippen LogP contribution in [0.5, 0.6) is 5.75 Å². The minimum Gasteiger partial charge on any atom is -0.399 e. The van der Waals surface area contributed by atoms with Crippen molar-refractivity contribution in [2.24, 2.45) is 0 Å². The van der Waals surface area contributed by atoms with E-state index < -0.39 is 20.1 Å². The van der Waals surface area contributed by atoms with Gasteiger partial charge in [0.15, 0.2) is 0 Å². The molecule has 0 fully saturated rings. The molecule has 0 aliphatic rings. The largest absolute Gasteiger partial charge is 0.399 e. The predicted octanol–water partition coefficient (Wildman–Crippen LogP) is 0.180. The second-order valence-corrected chi connectivity index (χ2v) is 7.70. The van der Waals surface area contributed by atoms with Gasteiger partial charge in [-0.05, 0) is 12.1 Å². The number of para-hydroxylation sites is 1. The molecule has 0 atom stereocenters. The molecule has 0 unspecified atom stereocenters. The number of phenolic OH excluding ortho intramolecular Hbond substituents is 1. The first-order valence-electron chi connectivity index (χ1n) is 6.17. The van der Waals surface area contributed by atoms with E-state index in [1.54, 1.807) is 0 Å². The van der Waals surface area contributed by atoms with Crippen LogP contribution in [0.4, 0.5) is 11.4 Å². The maximum absolute atomic E-state index is 10.9. The third kappa shape index (κ3) is 6.05. The maximum atomic E-state index is 10.9. The number of aromatic hydroxyl groups is 1. The number of phenols is 1. The molecule has 0 aliphatic carbocycles. The Morgan fingerprint density at radius 2 is 1.73 bits per heavy atom. The molecule has 2 rings (SSSR count). The Hall–Kier alpha value is -2.21. The number of amides is 1. The van der Waals surface area contributed by atoms with Crippen LogP contribution in [0.25, 0.3) is 0 Å². The van der Waals surface area contributed by atoms with E-state index in [1.807, 2.05) is 30.3 Å². The Morgan fingerprint density at radius 3 is 2.14 bits per heavy atom. The second-order valence-electron chi connectivity index (χ2n) is 4.34. The van der Waals surface area contributed by atoms with E-state index >= 15 is 0 Å². The molecule has 0 radical (unpaired) electrons. The Balaban J connectivity index is 0.000000287. The van der Waals surface area contributed by atoms with Crippen LogP contribution in [0.2, 0.25) is 0 Å². The van der Waals surface area contributed by atoms with Gasteiger partial charge in [-0.3, -0.25) is 0 Å². The van der Waals surface area contributed by atoms with Crippen molar-refractivity contribution in [3.05, 3.63) is 48.5 Å². The summed E-state index contributed by atoms with van der Waals surface area (Å²) in [4.78, 5) is 10.7. The van der Waals surface area contributed by atoms with Crippen LogP contribution in [0.1, 0.15) is 6.92 Å². The standard InChI is InChI=1S/C8H10AsNO5.C6H7N/c1-5(11)10-7-4-6(9(13,14)15)2-3-8(7)12;7-6-4-2-1-3-5-6/h2-4,12H,1H3,(H,10,11)(H2,13,14,15);1-5H,7H2. The molecule has 0 saturated carbocycles. The van der Waals surface area contributed by atoms with E-state index in [-0.39, 0.29) is 15.8 Å². The summed E-state index contributed by atoms with van der Waals surface area (Å²) < 4.78 is 28.6. The topological polar surface area (TPSA) is 133 Å². The Kier molecular flexibility index (Phi) is 6.24. The normalized spacial score (nSPS) is 10.3. The number of carbonyl (C=O) groups is 1. The van der Waals surface area contributed by atoms with Crippen molar-refractivity contribution in [3.63, 3.8) is 0 Å². The fourth-order valence-corrected chi connectivity index (χ4v) is 2.64. The van der Waals surface area contributed by atoms with Crippen LogP contribution in [-0.4, -0.2) is 33.4 Å². The van der Waals surface area contributed by atoms with E-state index in [0.29, 0.717) is 0 Å². The van der Waals surface area contributed by atoms with E-state index in [0.717, 1.165) is 23.9 Å². The van der Waals surface area contributed by atoms with Crippen LogP contribution in [0.15, 0.2) is 48.5 Å². The summed E-state index contributed by atoms with van der Waals surface area (Å²) in [7, 11) is 0. The summed E-state index contributed by atoms with van der Waals surface area (Å²) in [6.07, 6.45) is 0. The number of nitrogens with one attached hydrogen (secondary N) is 1. The van der Waals surface area contributed by atoms with Gasteiger partial charge in [-0.1, -0.05) is 18.2 Å². The van der Waals surface area contributed by atoms with E-state index in [2.05, 4.69) is 5.32 Å². The molecule has 118 valence electrons. The van der Waals surface area contributed by atoms with Crippen LogP contribution in [-0.2, 0) is 8.53 Å². The molecule has 8 heteroatoms. The molecule has 0 bridgehead atoms. The summed E-state index contributed by atoms with van der Waals surface area (Å²) in [6.45, 7) is 1.23. The van der Waals surface area contributed by atoms with Crippen molar-refractivity contribution < 1.29 is 21.8 Å². The van der Waals surface area contributed by atoms with Crippen LogP contribution in [0, 0.1) is 0 Å². The number of nitrogens with two attached hydrogens (primary N) is 1. The second kappa shape index (κ2) is 7.70. The van der Waals surface area contributed by atoms with Crippen LogP contribution in [0.3, 0.4) is 0 Å². The van der Waals surface area contributed by atoms with Gasteiger partial charge in [0.25, 0.3) is 0 Å². The number of hydrogen-bond donors (Lipinski definition) is 5. The fourth-order valence-electron chi connectivity index (χ4n) is 1.45. The van der Waals surface area contributed by atoms with Crippen molar-refractivity contribution >= 4 is 35.8 Å². The quantitative estimate of drug-likeness (QED) is 0.292. The van der Waals surface area contributed by atoms with Gasteiger partial charge in [0, 0.05) is 5.69 Å². The zero-order chi connectivity index (χ0) is 16.8. The summed E-state index contributed by atoms with van der Waals surface area (Å²) in [5, 5.41) is 11.6. The predicted molar refractivity (Wildman–Crippen MR) is 83.8 cm³/mol. The van der Waals surface area contributed by atoms with E-state index in [4.69, 9.17) is 13.9 Å². The molecule has 0 heterocycles. The van der Waals surface area contributed by atoms with Gasteiger partial charge in [0.1, 0.15) is 0 Å². The van der Waals surface area contributed by atoms with Crippen molar-refractivity contribution in [2.45, 2.75) is 6.92 Å². The molecule has 0 aromatic heterocycles. The van der Waals surface area contributed by atoms with Gasteiger partial charge in [-0.15, -0.1) is 0 Å². The Labute approximate surface area is 130 Å². The van der Waals surface area contributed by atoms with Crippen molar-refractivity contribution in [1.82, 2.24) is 0 Å². The molecule has 0 saturated heterocycles. The molecular formula is C14H17AsN2O5. The zero-order valence-corrected chi connectivity index (χ0v) is 13.7. The van der Waals surface area contributed by atoms with Crippen molar-refractivity contribution in [1.29, 1.82) is 0 Å². The third-order valence-electron chi connectivity index (χ3n) is 2.43. The minimum absolute atomic E-state index is 0.00951. The fraction of sp³-hybridized carbons (Fsp3) is 0.0714. The number of hydrogen-bond acceptors (Lipinski definition) is 4. The summed E-state index contributed by atoms with van der Waals surface area (Å²) in [6, 6.07) is 12.8. The first-order chi connectivity index (χ1) is 10.2. The van der Waals surface area contributed by atoms with Gasteiger partial charge < -0.3 is 5.73 Å². The Bertz CT molecular complexity index is 685. The maximum Gasteiger partial charge on any atom is 0.0313 e. The summed E-state index contributed by atoms with van der Waals surface area (Å²) >= 11 is -4.98. The van der Waals surface area contributed by atoms with Gasteiger partial charge in [-0.2, -0.15) is 0 Å². The van der Waals surface area contributed by atoms with E-state index in [1.165, 1.54) is 6.92 Å². The molecule has 6 N–H and O–H groups in total. The first-order valence-corrected chi connectivity index (χ1v) is 9.55. The smallest absolute Gasteiger partial charge is 0.0313 e. The van der Waals surface area contributed by atoms with Crippen LogP contribution >= 0.6 is 0 Å². The van der Waals surface area contributed by atoms with Gasteiger partial charge in [0.2, 0.25) is 0 Å². The average Bonchev–Trinajstić information content (AvgIpc) is 2.41. The molecule has 7 nitrogen and oxygen atoms in total. The number of nitrogen functional groups attached to an aromatic ring is 1. The Morgan fingerprint density at radius 1 is 1.14 bits per heavy atom. The third-order valence-corrected chi connectivity index (χ3v) is 4.42.